The Kier molecular flexibility index (Phi) is 4.00. The zero-order chi connectivity index (χ0) is 13.8. The summed E-state index contributed by atoms with van der Waals surface area (Å²) >= 11 is 1.17. The van der Waals surface area contributed by atoms with Crippen molar-refractivity contribution in [3.63, 3.8) is 0 Å². The summed E-state index contributed by atoms with van der Waals surface area (Å²) in [5.74, 6) is -0.895. The number of thiophene rings is 1. The van der Waals surface area contributed by atoms with E-state index >= 15 is 0 Å². The second-order valence-electron chi connectivity index (χ2n) is 3.74. The first-order valence-corrected chi connectivity index (χ1v) is 6.37. The van der Waals surface area contributed by atoms with Gasteiger partial charge in [-0.2, -0.15) is 0 Å². The van der Waals surface area contributed by atoms with Crippen LogP contribution in [0.5, 0.6) is 0 Å². The Morgan fingerprint density at radius 2 is 2.37 bits per heavy atom. The lowest BCUT2D eigenvalue weighted by atomic mass is 10.3. The van der Waals surface area contributed by atoms with Crippen LogP contribution in [-0.2, 0) is 14.3 Å². The average Bonchev–Trinajstić information content (AvgIpc) is 2.99. The van der Waals surface area contributed by atoms with E-state index in [4.69, 9.17) is 4.74 Å². The van der Waals surface area contributed by atoms with Crippen LogP contribution in [0.15, 0.2) is 11.4 Å². The number of nitrogens with zero attached hydrogens (tertiary/aromatic N) is 1. The molecular formula is C11H12N2O5S. The first-order chi connectivity index (χ1) is 9.11. The fraction of sp³-hybridized carbons (Fsp3) is 0.364. The van der Waals surface area contributed by atoms with Crippen molar-refractivity contribution in [2.45, 2.75) is 0 Å². The summed E-state index contributed by atoms with van der Waals surface area (Å²) in [7, 11) is 1.27. The third-order valence-electron chi connectivity index (χ3n) is 2.49. The van der Waals surface area contributed by atoms with Gasteiger partial charge in [-0.1, -0.05) is 0 Å². The minimum atomic E-state index is -0.508. The van der Waals surface area contributed by atoms with Crippen LogP contribution >= 0.6 is 11.3 Å². The number of cyclic esters (lactones) is 1. The van der Waals surface area contributed by atoms with E-state index in [-0.39, 0.29) is 19.1 Å². The van der Waals surface area contributed by atoms with E-state index in [1.54, 1.807) is 11.4 Å². The first kappa shape index (κ1) is 13.3. The van der Waals surface area contributed by atoms with Crippen LogP contribution < -0.4 is 5.32 Å². The van der Waals surface area contributed by atoms with Crippen molar-refractivity contribution in [2.75, 3.05) is 32.1 Å². The van der Waals surface area contributed by atoms with E-state index < -0.39 is 12.1 Å². The summed E-state index contributed by atoms with van der Waals surface area (Å²) in [6.07, 6.45) is -0.506. The molecule has 102 valence electrons. The number of carbonyl (C=O) groups excluding carboxylic acids is 3. The van der Waals surface area contributed by atoms with Gasteiger partial charge in [0.25, 0.3) is 0 Å². The van der Waals surface area contributed by atoms with Crippen molar-refractivity contribution in [2.24, 2.45) is 0 Å². The molecule has 2 amide bonds. The maximum atomic E-state index is 11.8. The molecule has 1 N–H and O–H groups in total. The molecule has 1 aliphatic heterocycles. The molecule has 0 atom stereocenters. The molecule has 1 aromatic rings. The number of methoxy groups -OCH3 is 1. The first-order valence-electron chi connectivity index (χ1n) is 5.49. The predicted octanol–water partition coefficient (Wildman–Crippen LogP) is 0.925. The maximum absolute atomic E-state index is 11.8. The number of anilines is 1. The number of rotatable bonds is 4. The van der Waals surface area contributed by atoms with Gasteiger partial charge in [-0.3, -0.25) is 9.69 Å². The monoisotopic (exact) mass is 284 g/mol. The zero-order valence-electron chi connectivity index (χ0n) is 10.2. The minimum absolute atomic E-state index is 0.102. The van der Waals surface area contributed by atoms with Crippen LogP contribution in [0.25, 0.3) is 0 Å². The lowest BCUT2D eigenvalue weighted by Gasteiger charge is -2.12. The number of hydrogen-bond donors (Lipinski definition) is 1. The average molecular weight is 284 g/mol. The quantitative estimate of drug-likeness (QED) is 0.831. The highest BCUT2D eigenvalue weighted by atomic mass is 32.1. The molecule has 0 spiro atoms. The highest BCUT2D eigenvalue weighted by Crippen LogP contribution is 2.23. The molecule has 8 heteroatoms. The fourth-order valence-electron chi connectivity index (χ4n) is 1.59. The third kappa shape index (κ3) is 3.02. The minimum Gasteiger partial charge on any atom is -0.465 e. The number of hydrogen-bond acceptors (Lipinski definition) is 6. The van der Waals surface area contributed by atoms with Crippen LogP contribution in [0.4, 0.5) is 10.5 Å². The molecule has 0 aliphatic carbocycles. The van der Waals surface area contributed by atoms with Crippen LogP contribution in [0, 0.1) is 0 Å². The summed E-state index contributed by atoms with van der Waals surface area (Å²) < 4.78 is 9.32. The van der Waals surface area contributed by atoms with E-state index in [0.29, 0.717) is 17.1 Å². The lowest BCUT2D eigenvalue weighted by Crippen LogP contribution is -2.33. The SMILES string of the molecule is COC(=O)c1sccc1NC(=O)CN1CCOC1=O. The molecule has 2 heterocycles. The van der Waals surface area contributed by atoms with Crippen LogP contribution in [-0.4, -0.2) is 49.7 Å². The summed E-state index contributed by atoms with van der Waals surface area (Å²) in [5, 5.41) is 4.25. The Hall–Kier alpha value is -2.09. The van der Waals surface area contributed by atoms with Gasteiger partial charge < -0.3 is 14.8 Å². The molecule has 0 radical (unpaired) electrons. The van der Waals surface area contributed by atoms with Crippen molar-refractivity contribution in [1.29, 1.82) is 0 Å². The van der Waals surface area contributed by atoms with E-state index in [1.165, 1.54) is 23.3 Å². The van der Waals surface area contributed by atoms with E-state index in [0.717, 1.165) is 0 Å². The molecule has 1 saturated heterocycles. The van der Waals surface area contributed by atoms with Gasteiger partial charge in [0, 0.05) is 0 Å². The van der Waals surface area contributed by atoms with Gasteiger partial charge in [0.05, 0.1) is 19.3 Å². The molecule has 0 unspecified atom stereocenters. The van der Waals surface area contributed by atoms with Crippen molar-refractivity contribution in [1.82, 2.24) is 4.90 Å². The maximum Gasteiger partial charge on any atom is 0.410 e. The molecular weight excluding hydrogens is 272 g/mol. The zero-order valence-corrected chi connectivity index (χ0v) is 11.0. The Labute approximate surface area is 113 Å². The standard InChI is InChI=1S/C11H12N2O5S/c1-17-10(15)9-7(2-5-19-9)12-8(14)6-13-3-4-18-11(13)16/h2,5H,3-4,6H2,1H3,(H,12,14). The Morgan fingerprint density at radius 1 is 1.58 bits per heavy atom. The predicted molar refractivity (Wildman–Crippen MR) is 67.2 cm³/mol. The molecule has 1 aliphatic rings. The third-order valence-corrected chi connectivity index (χ3v) is 3.38. The van der Waals surface area contributed by atoms with Crippen LogP contribution in [0.3, 0.4) is 0 Å². The molecule has 0 aromatic carbocycles. The largest absolute Gasteiger partial charge is 0.465 e. The number of nitrogens with one attached hydrogen (secondary N) is 1. The van der Waals surface area contributed by atoms with Gasteiger partial charge in [-0.25, -0.2) is 9.59 Å². The highest BCUT2D eigenvalue weighted by Gasteiger charge is 2.25. The van der Waals surface area contributed by atoms with Gasteiger partial charge >= 0.3 is 12.1 Å². The van der Waals surface area contributed by atoms with Crippen LogP contribution in [0.2, 0.25) is 0 Å². The van der Waals surface area contributed by atoms with Crippen molar-refractivity contribution >= 4 is 35.0 Å². The number of ether oxygens (including phenoxy) is 2. The van der Waals surface area contributed by atoms with E-state index in [1.807, 2.05) is 0 Å². The molecule has 2 rings (SSSR count). The smallest absolute Gasteiger partial charge is 0.410 e. The summed E-state index contributed by atoms with van der Waals surface area (Å²) in [5.41, 5.74) is 0.384. The van der Waals surface area contributed by atoms with Crippen molar-refractivity contribution in [3.8, 4) is 0 Å². The number of esters is 1. The topological polar surface area (TPSA) is 84.9 Å². The van der Waals surface area contributed by atoms with Gasteiger partial charge in [-0.15, -0.1) is 11.3 Å². The lowest BCUT2D eigenvalue weighted by molar-refractivity contribution is -0.116. The molecule has 1 fully saturated rings. The Bertz CT molecular complexity index is 513. The number of amides is 2. The Balaban J connectivity index is 1.97. The van der Waals surface area contributed by atoms with E-state index in [9.17, 15) is 14.4 Å². The normalized spacial score (nSPS) is 14.2. The van der Waals surface area contributed by atoms with Crippen molar-refractivity contribution in [3.05, 3.63) is 16.3 Å². The molecule has 19 heavy (non-hydrogen) atoms. The molecule has 0 saturated carbocycles. The van der Waals surface area contributed by atoms with E-state index in [2.05, 4.69) is 10.1 Å². The molecule has 0 bridgehead atoms. The van der Waals surface area contributed by atoms with Gasteiger partial charge in [-0.05, 0) is 11.4 Å². The van der Waals surface area contributed by atoms with Gasteiger partial charge in [0.2, 0.25) is 5.91 Å². The second-order valence-corrected chi connectivity index (χ2v) is 4.66. The molecule has 7 nitrogen and oxygen atoms in total. The van der Waals surface area contributed by atoms with Gasteiger partial charge in [0.15, 0.2) is 0 Å². The summed E-state index contributed by atoms with van der Waals surface area (Å²) in [6.45, 7) is 0.576. The van der Waals surface area contributed by atoms with Crippen LogP contribution in [0.1, 0.15) is 9.67 Å². The molecule has 1 aromatic heterocycles. The summed E-state index contributed by atoms with van der Waals surface area (Å²) in [4.78, 5) is 36.0. The summed E-state index contributed by atoms with van der Waals surface area (Å²) in [6, 6.07) is 1.61. The van der Waals surface area contributed by atoms with Gasteiger partial charge in [0.1, 0.15) is 18.0 Å². The number of carbonyl (C=O) groups is 3. The van der Waals surface area contributed by atoms with Crippen molar-refractivity contribution < 1.29 is 23.9 Å². The fourth-order valence-corrected chi connectivity index (χ4v) is 2.36. The highest BCUT2D eigenvalue weighted by molar-refractivity contribution is 7.12. The Morgan fingerprint density at radius 3 is 3.00 bits per heavy atom. The second kappa shape index (κ2) is 5.70.